The molecule has 1 saturated heterocycles. The molecule has 2 rings (SSSR count). The van der Waals surface area contributed by atoms with E-state index in [0.29, 0.717) is 25.2 Å². The molecule has 0 aromatic heterocycles. The lowest BCUT2D eigenvalue weighted by Gasteiger charge is -2.33. The predicted octanol–water partition coefficient (Wildman–Crippen LogP) is 2.60. The fraction of sp³-hybridized carbons (Fsp3) is 1.00. The van der Waals surface area contributed by atoms with Gasteiger partial charge in [0.2, 0.25) is 10.0 Å². The van der Waals surface area contributed by atoms with Gasteiger partial charge in [-0.2, -0.15) is 0 Å². The summed E-state index contributed by atoms with van der Waals surface area (Å²) < 4.78 is 24.7. The minimum atomic E-state index is -3.00. The zero-order valence-corrected chi connectivity index (χ0v) is 14.7. The standard InChI is InChI=1S/C16H32N2O2S/c1-13(2)14-5-4-6-15(8-7-14)17-16-9-11-18(12-10-16)21(3,19)20/h13-17H,4-12H2,1-3H3. The summed E-state index contributed by atoms with van der Waals surface area (Å²) in [5.74, 6) is 1.70. The first-order valence-corrected chi connectivity index (χ1v) is 10.4. The van der Waals surface area contributed by atoms with Crippen LogP contribution in [0.4, 0.5) is 0 Å². The molecule has 4 nitrogen and oxygen atoms in total. The molecule has 0 aromatic carbocycles. The van der Waals surface area contributed by atoms with E-state index >= 15 is 0 Å². The monoisotopic (exact) mass is 316 g/mol. The van der Waals surface area contributed by atoms with Crippen molar-refractivity contribution in [2.24, 2.45) is 11.8 Å². The average Bonchev–Trinajstić information content (AvgIpc) is 2.64. The molecule has 0 spiro atoms. The van der Waals surface area contributed by atoms with Crippen molar-refractivity contribution in [1.82, 2.24) is 9.62 Å². The molecule has 1 aliphatic heterocycles. The van der Waals surface area contributed by atoms with Gasteiger partial charge in [0.15, 0.2) is 0 Å². The first-order valence-electron chi connectivity index (χ1n) is 8.57. The van der Waals surface area contributed by atoms with Gasteiger partial charge in [-0.15, -0.1) is 0 Å². The molecule has 2 unspecified atom stereocenters. The van der Waals surface area contributed by atoms with Gasteiger partial charge in [0.25, 0.3) is 0 Å². The minimum absolute atomic E-state index is 0.503. The highest BCUT2D eigenvalue weighted by Crippen LogP contribution is 2.29. The average molecular weight is 317 g/mol. The molecule has 21 heavy (non-hydrogen) atoms. The summed E-state index contributed by atoms with van der Waals surface area (Å²) in [7, 11) is -3.00. The topological polar surface area (TPSA) is 49.4 Å². The molecular formula is C16H32N2O2S. The molecule has 2 fully saturated rings. The quantitative estimate of drug-likeness (QED) is 0.811. The molecule has 2 aliphatic rings. The number of nitrogens with zero attached hydrogens (tertiary/aromatic N) is 1. The van der Waals surface area contributed by atoms with Gasteiger partial charge in [-0.05, 0) is 43.9 Å². The Bertz CT molecular complexity index is 414. The van der Waals surface area contributed by atoms with Crippen LogP contribution < -0.4 is 5.32 Å². The first kappa shape index (κ1) is 17.2. The zero-order valence-electron chi connectivity index (χ0n) is 13.8. The molecular weight excluding hydrogens is 284 g/mol. The van der Waals surface area contributed by atoms with E-state index in [0.717, 1.165) is 24.7 Å². The second-order valence-electron chi connectivity index (χ2n) is 7.31. The Labute approximate surface area is 130 Å². The van der Waals surface area contributed by atoms with E-state index in [1.807, 2.05) is 0 Å². The van der Waals surface area contributed by atoms with Crippen molar-refractivity contribution in [1.29, 1.82) is 0 Å². The molecule has 0 bridgehead atoms. The third kappa shape index (κ3) is 5.22. The highest BCUT2D eigenvalue weighted by molar-refractivity contribution is 7.88. The van der Waals surface area contributed by atoms with Crippen LogP contribution >= 0.6 is 0 Å². The summed E-state index contributed by atoms with van der Waals surface area (Å²) in [6.07, 6.45) is 9.86. The Morgan fingerprint density at radius 3 is 2.14 bits per heavy atom. The maximum absolute atomic E-state index is 11.5. The number of sulfonamides is 1. The summed E-state index contributed by atoms with van der Waals surface area (Å²) in [4.78, 5) is 0. The second kappa shape index (κ2) is 7.42. The van der Waals surface area contributed by atoms with Gasteiger partial charge >= 0.3 is 0 Å². The van der Waals surface area contributed by atoms with Crippen LogP contribution in [0, 0.1) is 11.8 Å². The normalized spacial score (nSPS) is 30.5. The van der Waals surface area contributed by atoms with Gasteiger partial charge in [-0.1, -0.05) is 26.7 Å². The van der Waals surface area contributed by atoms with Crippen molar-refractivity contribution in [3.05, 3.63) is 0 Å². The van der Waals surface area contributed by atoms with E-state index in [1.54, 1.807) is 4.31 Å². The van der Waals surface area contributed by atoms with Crippen LogP contribution in [-0.2, 0) is 10.0 Å². The summed E-state index contributed by atoms with van der Waals surface area (Å²) in [6, 6.07) is 1.15. The number of hydrogen-bond donors (Lipinski definition) is 1. The maximum Gasteiger partial charge on any atom is 0.211 e. The Morgan fingerprint density at radius 2 is 1.57 bits per heavy atom. The van der Waals surface area contributed by atoms with Gasteiger partial charge in [0.05, 0.1) is 6.26 Å². The Hall–Kier alpha value is -0.130. The molecule has 1 saturated carbocycles. The van der Waals surface area contributed by atoms with Crippen LogP contribution in [0.25, 0.3) is 0 Å². The molecule has 0 amide bonds. The van der Waals surface area contributed by atoms with Crippen LogP contribution in [0.1, 0.15) is 58.8 Å². The summed E-state index contributed by atoms with van der Waals surface area (Å²) in [5, 5.41) is 3.81. The van der Waals surface area contributed by atoms with Crippen LogP contribution in [0.5, 0.6) is 0 Å². The van der Waals surface area contributed by atoms with E-state index in [2.05, 4.69) is 19.2 Å². The van der Waals surface area contributed by atoms with Crippen LogP contribution in [0.15, 0.2) is 0 Å². The predicted molar refractivity (Wildman–Crippen MR) is 87.8 cm³/mol. The van der Waals surface area contributed by atoms with Crippen LogP contribution in [0.3, 0.4) is 0 Å². The van der Waals surface area contributed by atoms with E-state index in [-0.39, 0.29) is 0 Å². The van der Waals surface area contributed by atoms with Crippen molar-refractivity contribution >= 4 is 10.0 Å². The SMILES string of the molecule is CC(C)C1CCCC(NC2CCN(S(C)(=O)=O)CC2)CC1. The molecule has 5 heteroatoms. The fourth-order valence-electron chi connectivity index (χ4n) is 3.85. The Balaban J connectivity index is 1.76. The van der Waals surface area contributed by atoms with E-state index < -0.39 is 10.0 Å². The van der Waals surface area contributed by atoms with Crippen LogP contribution in [0.2, 0.25) is 0 Å². The zero-order chi connectivity index (χ0) is 15.5. The summed E-state index contributed by atoms with van der Waals surface area (Å²) in [5.41, 5.74) is 0. The van der Waals surface area contributed by atoms with Gasteiger partial charge < -0.3 is 5.32 Å². The van der Waals surface area contributed by atoms with Crippen molar-refractivity contribution in [2.75, 3.05) is 19.3 Å². The molecule has 1 N–H and O–H groups in total. The van der Waals surface area contributed by atoms with Crippen molar-refractivity contribution in [3.8, 4) is 0 Å². The molecule has 1 heterocycles. The van der Waals surface area contributed by atoms with Crippen molar-refractivity contribution in [3.63, 3.8) is 0 Å². The molecule has 0 radical (unpaired) electrons. The Morgan fingerprint density at radius 1 is 0.952 bits per heavy atom. The lowest BCUT2D eigenvalue weighted by molar-refractivity contribution is 0.264. The van der Waals surface area contributed by atoms with Gasteiger partial charge in [0.1, 0.15) is 0 Å². The van der Waals surface area contributed by atoms with Gasteiger partial charge in [-0.3, -0.25) is 0 Å². The third-order valence-corrected chi connectivity index (χ3v) is 6.65. The summed E-state index contributed by atoms with van der Waals surface area (Å²) in [6.45, 7) is 6.05. The number of nitrogens with one attached hydrogen (secondary N) is 1. The second-order valence-corrected chi connectivity index (χ2v) is 9.29. The number of hydrogen-bond acceptors (Lipinski definition) is 3. The smallest absolute Gasteiger partial charge is 0.211 e. The summed E-state index contributed by atoms with van der Waals surface area (Å²) >= 11 is 0. The van der Waals surface area contributed by atoms with Gasteiger partial charge in [0, 0.05) is 25.2 Å². The first-order chi connectivity index (χ1) is 9.86. The fourth-order valence-corrected chi connectivity index (χ4v) is 4.73. The highest BCUT2D eigenvalue weighted by Gasteiger charge is 2.27. The van der Waals surface area contributed by atoms with Crippen molar-refractivity contribution < 1.29 is 8.42 Å². The molecule has 2 atom stereocenters. The number of rotatable bonds is 4. The van der Waals surface area contributed by atoms with E-state index in [9.17, 15) is 8.42 Å². The van der Waals surface area contributed by atoms with E-state index in [4.69, 9.17) is 0 Å². The van der Waals surface area contributed by atoms with Gasteiger partial charge in [-0.25, -0.2) is 12.7 Å². The minimum Gasteiger partial charge on any atom is -0.311 e. The van der Waals surface area contributed by atoms with E-state index in [1.165, 1.54) is 38.4 Å². The molecule has 1 aliphatic carbocycles. The molecule has 124 valence electrons. The Kier molecular flexibility index (Phi) is 6.09. The number of piperidine rings is 1. The lowest BCUT2D eigenvalue weighted by Crippen LogP contribution is -2.47. The maximum atomic E-state index is 11.5. The van der Waals surface area contributed by atoms with Crippen molar-refractivity contribution in [2.45, 2.75) is 70.9 Å². The van der Waals surface area contributed by atoms with Crippen LogP contribution in [-0.4, -0.2) is 44.2 Å². The molecule has 0 aromatic rings. The lowest BCUT2D eigenvalue weighted by atomic mass is 9.89. The third-order valence-electron chi connectivity index (χ3n) is 5.35. The highest BCUT2D eigenvalue weighted by atomic mass is 32.2. The largest absolute Gasteiger partial charge is 0.311 e.